The lowest BCUT2D eigenvalue weighted by Crippen LogP contribution is -2.20. The van der Waals surface area contributed by atoms with Gasteiger partial charge in [0.15, 0.2) is 0 Å². The minimum atomic E-state index is 0.374. The Hall–Kier alpha value is -6.68. The molecule has 3 aliphatic rings. The number of benzene rings is 7. The van der Waals surface area contributed by atoms with Crippen LogP contribution in [0.1, 0.15) is 43.4 Å². The van der Waals surface area contributed by atoms with Crippen molar-refractivity contribution in [1.29, 1.82) is 0 Å². The van der Waals surface area contributed by atoms with Gasteiger partial charge in [-0.2, -0.15) is 0 Å². The molecule has 282 valence electrons. The molecule has 2 atom stereocenters. The quantitative estimate of drug-likeness (QED) is 0.178. The van der Waals surface area contributed by atoms with Gasteiger partial charge in [0.25, 0.3) is 0 Å². The zero-order valence-electron chi connectivity index (χ0n) is 33.2. The fourth-order valence-corrected chi connectivity index (χ4v) is 11.4. The van der Waals surface area contributed by atoms with Gasteiger partial charge >= 0.3 is 0 Å². The molecule has 0 saturated carbocycles. The number of fused-ring (bicyclic) bond motifs is 8. The van der Waals surface area contributed by atoms with Gasteiger partial charge in [0.2, 0.25) is 0 Å². The molecule has 0 radical (unpaired) electrons. The van der Waals surface area contributed by atoms with Crippen LogP contribution >= 0.6 is 11.3 Å². The average molecular weight is 775 g/mol. The molecule has 12 rings (SSSR count). The third kappa shape index (κ3) is 5.52. The SMILES string of the molecule is CC1CC(c2cccc(N(C3=CC=C(c4ccccc4)C(C)C3)c3ccc4c(c3)sc3ccccc34)c2)=CC=C1c1ccc2[nH]c3c(c2c1)-c1cccc2cccc-3c12. The second-order valence-electron chi connectivity index (χ2n) is 16.7. The van der Waals surface area contributed by atoms with E-state index in [0.717, 1.165) is 12.8 Å². The van der Waals surface area contributed by atoms with Gasteiger partial charge in [-0.1, -0.05) is 141 Å². The third-order valence-electron chi connectivity index (χ3n) is 13.1. The Bertz CT molecular complexity index is 3310. The first-order valence-electron chi connectivity index (χ1n) is 20.9. The predicted molar refractivity (Wildman–Crippen MR) is 254 cm³/mol. The van der Waals surface area contributed by atoms with Crippen LogP contribution in [0.4, 0.5) is 11.4 Å². The minimum Gasteiger partial charge on any atom is -0.354 e. The standard InChI is InChI=1S/C56H42N2S/c1-34-29-39(21-25-45(34)40-22-28-51-50(32-40)55-48-18-9-13-37-14-10-19-49(54(37)48)56(55)57-51)38-15-8-16-41(31-38)58(42-23-26-44(35(2)30-42)36-11-4-3-5-12-36)43-24-27-47-46-17-6-7-20-52(46)59-53(47)33-43/h3-28,31-35,57H,29-30H2,1-2H3. The van der Waals surface area contributed by atoms with Crippen LogP contribution in [0.3, 0.4) is 0 Å². The minimum absolute atomic E-state index is 0.374. The summed E-state index contributed by atoms with van der Waals surface area (Å²) in [5.41, 5.74) is 18.2. The van der Waals surface area contributed by atoms with Crippen LogP contribution in [0.15, 0.2) is 182 Å². The number of hydrogen-bond acceptors (Lipinski definition) is 2. The third-order valence-corrected chi connectivity index (χ3v) is 14.2. The molecule has 2 heterocycles. The molecule has 0 amide bonds. The van der Waals surface area contributed by atoms with Crippen molar-refractivity contribution in [3.05, 3.63) is 198 Å². The Kier molecular flexibility index (Phi) is 7.83. The van der Waals surface area contributed by atoms with E-state index in [4.69, 9.17) is 0 Å². The number of anilines is 2. The number of allylic oxidation sites excluding steroid dienone is 8. The topological polar surface area (TPSA) is 19.0 Å². The summed E-state index contributed by atoms with van der Waals surface area (Å²) in [5.74, 6) is 0.760. The van der Waals surface area contributed by atoms with Crippen molar-refractivity contribution < 1.29 is 0 Å². The Morgan fingerprint density at radius 3 is 2.12 bits per heavy atom. The van der Waals surface area contributed by atoms with E-state index in [1.54, 1.807) is 0 Å². The van der Waals surface area contributed by atoms with Crippen LogP contribution in [0.2, 0.25) is 0 Å². The first kappa shape index (κ1) is 34.4. The monoisotopic (exact) mass is 774 g/mol. The normalized spacial score (nSPS) is 17.3. The molecule has 0 bridgehead atoms. The maximum atomic E-state index is 3.79. The molecule has 0 saturated heterocycles. The van der Waals surface area contributed by atoms with Crippen LogP contribution in [-0.2, 0) is 0 Å². The molecule has 9 aromatic rings. The molecule has 7 aromatic carbocycles. The Labute approximate surface area is 348 Å². The van der Waals surface area contributed by atoms with Crippen LogP contribution in [0.5, 0.6) is 0 Å². The summed E-state index contributed by atoms with van der Waals surface area (Å²) in [7, 11) is 0. The maximum absolute atomic E-state index is 3.79. The molecule has 3 aliphatic carbocycles. The summed E-state index contributed by atoms with van der Waals surface area (Å²) in [6.07, 6.45) is 11.4. The highest BCUT2D eigenvalue weighted by atomic mass is 32.1. The smallest absolute Gasteiger partial charge is 0.0551 e. The van der Waals surface area contributed by atoms with Gasteiger partial charge in [-0.15, -0.1) is 11.3 Å². The Morgan fingerprint density at radius 1 is 0.525 bits per heavy atom. The van der Waals surface area contributed by atoms with Gasteiger partial charge < -0.3 is 9.88 Å². The van der Waals surface area contributed by atoms with E-state index in [1.165, 1.54) is 115 Å². The average Bonchev–Trinajstić information content (AvgIpc) is 3.94. The van der Waals surface area contributed by atoms with Crippen LogP contribution in [-0.4, -0.2) is 4.98 Å². The number of aromatic nitrogens is 1. The van der Waals surface area contributed by atoms with E-state index in [0.29, 0.717) is 11.8 Å². The first-order chi connectivity index (χ1) is 29.1. The number of aromatic amines is 1. The molecule has 1 N–H and O–H groups in total. The number of rotatable bonds is 6. The van der Waals surface area contributed by atoms with Gasteiger partial charge in [-0.05, 0) is 123 Å². The van der Waals surface area contributed by atoms with Gasteiger partial charge in [0, 0.05) is 59.3 Å². The molecule has 2 aromatic heterocycles. The highest BCUT2D eigenvalue weighted by molar-refractivity contribution is 7.25. The molecule has 0 fully saturated rings. The molecule has 2 nitrogen and oxygen atoms in total. The Morgan fingerprint density at radius 2 is 1.25 bits per heavy atom. The van der Waals surface area contributed by atoms with Crippen LogP contribution < -0.4 is 4.90 Å². The van der Waals surface area contributed by atoms with Gasteiger partial charge in [0.1, 0.15) is 0 Å². The van der Waals surface area contributed by atoms with Crippen LogP contribution in [0, 0.1) is 11.8 Å². The summed E-state index contributed by atoms with van der Waals surface area (Å²) >= 11 is 1.89. The Balaban J connectivity index is 0.924. The van der Waals surface area contributed by atoms with Crippen molar-refractivity contribution in [3.8, 4) is 22.4 Å². The molecular weight excluding hydrogens is 733 g/mol. The van der Waals surface area contributed by atoms with Crippen molar-refractivity contribution in [3.63, 3.8) is 0 Å². The highest BCUT2D eigenvalue weighted by Gasteiger charge is 2.27. The highest BCUT2D eigenvalue weighted by Crippen LogP contribution is 2.51. The lowest BCUT2D eigenvalue weighted by molar-refractivity contribution is 0.715. The fraction of sp³-hybridized carbons (Fsp3) is 0.107. The summed E-state index contributed by atoms with van der Waals surface area (Å²) in [6, 6.07) is 56.4. The molecule has 2 unspecified atom stereocenters. The number of nitrogens with zero attached hydrogens (tertiary/aromatic N) is 1. The molecular formula is C56H42N2S. The second-order valence-corrected chi connectivity index (χ2v) is 17.8. The summed E-state index contributed by atoms with van der Waals surface area (Å²) in [6.45, 7) is 4.76. The zero-order chi connectivity index (χ0) is 39.2. The van der Waals surface area contributed by atoms with Gasteiger partial charge in [0.05, 0.1) is 5.69 Å². The second kappa shape index (κ2) is 13.4. The summed E-state index contributed by atoms with van der Waals surface area (Å²) < 4.78 is 2.65. The first-order valence-corrected chi connectivity index (χ1v) is 21.7. The van der Waals surface area contributed by atoms with E-state index in [2.05, 4.69) is 200 Å². The summed E-state index contributed by atoms with van der Waals surface area (Å²) in [5, 5.41) is 6.64. The number of hydrogen-bond donors (Lipinski definition) is 1. The van der Waals surface area contributed by atoms with Crippen molar-refractivity contribution in [2.45, 2.75) is 26.7 Å². The lowest BCUT2D eigenvalue weighted by atomic mass is 9.82. The van der Waals surface area contributed by atoms with E-state index < -0.39 is 0 Å². The van der Waals surface area contributed by atoms with E-state index in [-0.39, 0.29) is 0 Å². The summed E-state index contributed by atoms with van der Waals surface area (Å²) in [4.78, 5) is 6.30. The molecule has 0 spiro atoms. The fourth-order valence-electron chi connectivity index (χ4n) is 10.3. The number of nitrogens with one attached hydrogen (secondary N) is 1. The molecule has 3 heteroatoms. The van der Waals surface area contributed by atoms with Crippen molar-refractivity contribution in [2.24, 2.45) is 11.8 Å². The maximum Gasteiger partial charge on any atom is 0.0551 e. The van der Waals surface area contributed by atoms with Crippen LogP contribution in [0.25, 0.3) is 81.0 Å². The van der Waals surface area contributed by atoms with E-state index >= 15 is 0 Å². The van der Waals surface area contributed by atoms with Crippen molar-refractivity contribution in [2.75, 3.05) is 4.90 Å². The van der Waals surface area contributed by atoms with Crippen molar-refractivity contribution in [1.82, 2.24) is 4.98 Å². The number of thiophene rings is 1. The van der Waals surface area contributed by atoms with Gasteiger partial charge in [-0.25, -0.2) is 0 Å². The van der Waals surface area contributed by atoms with Crippen molar-refractivity contribution >= 4 is 81.3 Å². The van der Waals surface area contributed by atoms with E-state index in [1.807, 2.05) is 11.3 Å². The lowest BCUT2D eigenvalue weighted by Gasteiger charge is -2.33. The van der Waals surface area contributed by atoms with E-state index in [9.17, 15) is 0 Å². The largest absolute Gasteiger partial charge is 0.354 e. The molecule has 59 heavy (non-hydrogen) atoms. The van der Waals surface area contributed by atoms with Gasteiger partial charge in [-0.3, -0.25) is 0 Å². The molecule has 0 aliphatic heterocycles. The zero-order valence-corrected chi connectivity index (χ0v) is 34.0. The number of H-pyrrole nitrogens is 1. The predicted octanol–water partition coefficient (Wildman–Crippen LogP) is 16.0.